The summed E-state index contributed by atoms with van der Waals surface area (Å²) in [6.45, 7) is 32.9. The van der Waals surface area contributed by atoms with Crippen molar-refractivity contribution < 1.29 is 76.2 Å². The number of hydrogen-bond donors (Lipinski definition) is 0. The van der Waals surface area contributed by atoms with Gasteiger partial charge in [0.2, 0.25) is 12.4 Å². The van der Waals surface area contributed by atoms with Crippen molar-refractivity contribution in [3.05, 3.63) is 72.9 Å². The van der Waals surface area contributed by atoms with Gasteiger partial charge in [-0.15, -0.1) is 0 Å². The number of hydrogen-bond acceptors (Lipinski definition) is 16. The minimum Gasteiger partial charge on any atom is -0.466 e. The van der Waals surface area contributed by atoms with E-state index in [0.29, 0.717) is 60.0 Å². The van der Waals surface area contributed by atoms with Crippen LogP contribution in [-0.4, -0.2) is 106 Å². The van der Waals surface area contributed by atoms with Crippen LogP contribution in [0.5, 0.6) is 0 Å². The highest BCUT2D eigenvalue weighted by molar-refractivity contribution is 5.90. The number of ether oxygens (including phenoxy) is 9. The molecule has 7 rings (SSSR count). The van der Waals surface area contributed by atoms with E-state index in [2.05, 4.69) is 48.9 Å². The molecule has 0 aromatic heterocycles. The van der Waals surface area contributed by atoms with E-state index < -0.39 is 18.0 Å². The zero-order valence-electron chi connectivity index (χ0n) is 43.6. The van der Waals surface area contributed by atoms with Crippen LogP contribution >= 0.6 is 0 Å². The fourth-order valence-corrected chi connectivity index (χ4v) is 8.89. The molecule has 71 heavy (non-hydrogen) atoms. The highest BCUT2D eigenvalue weighted by Crippen LogP contribution is 2.59. The Morgan fingerprint density at radius 2 is 1.03 bits per heavy atom. The van der Waals surface area contributed by atoms with Crippen LogP contribution in [0.2, 0.25) is 0 Å². The lowest BCUT2D eigenvalue weighted by Crippen LogP contribution is -2.32. The topological polar surface area (TPSA) is 203 Å². The van der Waals surface area contributed by atoms with Gasteiger partial charge in [-0.3, -0.25) is 0 Å². The third-order valence-corrected chi connectivity index (χ3v) is 12.7. The molecule has 0 N–H and O–H groups in total. The first-order valence-corrected chi connectivity index (χ1v) is 25.0. The second kappa shape index (κ2) is 32.6. The number of methoxy groups -OCH3 is 1. The maximum atomic E-state index is 11.5. The molecule has 3 aliphatic heterocycles. The van der Waals surface area contributed by atoms with E-state index in [1.807, 2.05) is 0 Å². The first-order chi connectivity index (χ1) is 33.5. The SMILES string of the molecule is C=C(C)C(=O)OC.C=C(C)C(=O)OC1CC2CC1C1CCCC21.C=C(C)C(=O)OC1CCCCC1.C=C(C)C(=O)OC1CCCCO1.C=C(C)C(=O)OC1CCOC1=O.C=C(C)C(=O)OCC1CCCO1. The monoisotopic (exact) mass is 999 g/mol. The van der Waals surface area contributed by atoms with Crippen LogP contribution in [0.3, 0.4) is 0 Å². The van der Waals surface area contributed by atoms with E-state index in [0.717, 1.165) is 75.7 Å². The molecule has 16 nitrogen and oxygen atoms in total. The summed E-state index contributed by atoms with van der Waals surface area (Å²) in [5, 5.41) is 0. The van der Waals surface area contributed by atoms with E-state index in [1.54, 1.807) is 34.6 Å². The Kier molecular flexibility index (Phi) is 28.4. The quantitative estimate of drug-likeness (QED) is 0.101. The molecular weight excluding hydrogens is 917 g/mol. The summed E-state index contributed by atoms with van der Waals surface area (Å²) in [5.74, 6) is 0.873. The molecular formula is C55H82O16. The molecule has 0 amide bonds. The van der Waals surface area contributed by atoms with Gasteiger partial charge < -0.3 is 42.6 Å². The normalized spacial score (nSPS) is 25.3. The predicted molar refractivity (Wildman–Crippen MR) is 266 cm³/mol. The Hall–Kier alpha value is -5.35. The molecule has 4 saturated carbocycles. The Labute approximate surface area is 421 Å². The summed E-state index contributed by atoms with van der Waals surface area (Å²) in [4.78, 5) is 76.5. The molecule has 8 unspecified atom stereocenters. The lowest BCUT2D eigenvalue weighted by Gasteiger charge is -2.31. The second-order valence-electron chi connectivity index (χ2n) is 19.2. The van der Waals surface area contributed by atoms with Gasteiger partial charge >= 0.3 is 41.8 Å². The summed E-state index contributed by atoms with van der Waals surface area (Å²) in [7, 11) is 1.33. The lowest BCUT2D eigenvalue weighted by molar-refractivity contribution is -0.182. The van der Waals surface area contributed by atoms with E-state index in [9.17, 15) is 33.6 Å². The Bertz CT molecular complexity index is 1840. The average Bonchev–Trinajstić information content (AvgIpc) is 4.21. The Balaban J connectivity index is 0.000000296. The van der Waals surface area contributed by atoms with Crippen LogP contribution in [0.1, 0.15) is 144 Å². The number of fused-ring (bicyclic) bond motifs is 5. The minimum absolute atomic E-state index is 0.105. The van der Waals surface area contributed by atoms with Gasteiger partial charge in [0.05, 0.1) is 26.4 Å². The molecule has 0 radical (unpaired) electrons. The maximum Gasteiger partial charge on any atom is 0.347 e. The van der Waals surface area contributed by atoms with Crippen molar-refractivity contribution in [2.45, 2.75) is 175 Å². The Morgan fingerprint density at radius 1 is 0.493 bits per heavy atom. The van der Waals surface area contributed by atoms with Crippen molar-refractivity contribution in [1.29, 1.82) is 0 Å². The van der Waals surface area contributed by atoms with Gasteiger partial charge in [0.25, 0.3) is 0 Å². The fourth-order valence-electron chi connectivity index (χ4n) is 8.89. The summed E-state index contributed by atoms with van der Waals surface area (Å²) in [6, 6.07) is 0. The molecule has 0 aromatic carbocycles. The van der Waals surface area contributed by atoms with E-state index in [1.165, 1.54) is 59.0 Å². The molecule has 3 saturated heterocycles. The Morgan fingerprint density at radius 3 is 1.52 bits per heavy atom. The highest BCUT2D eigenvalue weighted by atomic mass is 16.7. The van der Waals surface area contributed by atoms with Gasteiger partial charge in [0, 0.05) is 52.9 Å². The van der Waals surface area contributed by atoms with Crippen molar-refractivity contribution in [3.63, 3.8) is 0 Å². The van der Waals surface area contributed by atoms with Crippen LogP contribution in [0, 0.1) is 23.7 Å². The molecule has 16 heteroatoms. The molecule has 7 fully saturated rings. The smallest absolute Gasteiger partial charge is 0.347 e. The average molecular weight is 999 g/mol. The van der Waals surface area contributed by atoms with Crippen molar-refractivity contribution in [2.24, 2.45) is 23.7 Å². The lowest BCUT2D eigenvalue weighted by atomic mass is 9.80. The zero-order valence-corrected chi connectivity index (χ0v) is 43.6. The first-order valence-electron chi connectivity index (χ1n) is 25.0. The van der Waals surface area contributed by atoms with Gasteiger partial charge in [-0.2, -0.15) is 0 Å². The number of rotatable bonds is 12. The van der Waals surface area contributed by atoms with Crippen molar-refractivity contribution in [2.75, 3.05) is 33.5 Å². The van der Waals surface area contributed by atoms with Gasteiger partial charge in [0.1, 0.15) is 18.8 Å². The molecule has 3 heterocycles. The van der Waals surface area contributed by atoms with Gasteiger partial charge in [-0.05, 0) is 142 Å². The van der Waals surface area contributed by atoms with Crippen molar-refractivity contribution in [3.8, 4) is 0 Å². The number of carbonyl (C=O) groups excluding carboxylic acids is 7. The van der Waals surface area contributed by atoms with Crippen LogP contribution in [0.15, 0.2) is 72.9 Å². The third-order valence-electron chi connectivity index (χ3n) is 12.7. The summed E-state index contributed by atoms with van der Waals surface area (Å²) in [6.07, 6.45) is 17.1. The van der Waals surface area contributed by atoms with Crippen LogP contribution in [-0.2, 0) is 76.2 Å². The van der Waals surface area contributed by atoms with Crippen LogP contribution in [0.25, 0.3) is 0 Å². The summed E-state index contributed by atoms with van der Waals surface area (Å²) < 4.78 is 44.8. The van der Waals surface area contributed by atoms with Crippen molar-refractivity contribution >= 4 is 41.8 Å². The highest BCUT2D eigenvalue weighted by Gasteiger charge is 2.55. The molecule has 398 valence electrons. The second-order valence-corrected chi connectivity index (χ2v) is 19.2. The van der Waals surface area contributed by atoms with Crippen molar-refractivity contribution in [1.82, 2.24) is 0 Å². The molecule has 7 aliphatic rings. The van der Waals surface area contributed by atoms with E-state index in [-0.39, 0.29) is 60.0 Å². The fraction of sp³-hybridized carbons (Fsp3) is 0.655. The predicted octanol–water partition coefficient (Wildman–Crippen LogP) is 9.44. The summed E-state index contributed by atoms with van der Waals surface area (Å²) in [5.41, 5.74) is 2.61. The molecule has 0 spiro atoms. The van der Waals surface area contributed by atoms with E-state index >= 15 is 0 Å². The van der Waals surface area contributed by atoms with E-state index in [4.69, 9.17) is 33.2 Å². The van der Waals surface area contributed by atoms with Gasteiger partial charge in [-0.25, -0.2) is 33.6 Å². The maximum absolute atomic E-state index is 11.5. The molecule has 2 bridgehead atoms. The number of carbonyl (C=O) groups is 7. The van der Waals surface area contributed by atoms with Crippen LogP contribution < -0.4 is 0 Å². The molecule has 8 atom stereocenters. The molecule has 0 aromatic rings. The minimum atomic E-state index is -0.728. The van der Waals surface area contributed by atoms with Gasteiger partial charge in [0.15, 0.2) is 0 Å². The summed E-state index contributed by atoms with van der Waals surface area (Å²) >= 11 is 0. The third kappa shape index (κ3) is 23.2. The standard InChI is InChI=1S/C14H20O2.C10H16O2.2C9H14O3.C8H10O4.C5H8O2/c1-8(2)14(15)16-13-7-9-6-12(13)11-5-3-4-10(9)11;1-8(2)10(11)12-9-6-4-3-5-7-9;1-7(2)9(10)12-6-8-4-3-5-11-8;1-7(2)9(10)12-8-5-3-4-6-11-8;1-5(2)7(9)12-6-3-4-11-8(6)10;1-4(2)5(6)7-3/h9-13H,1,3-7H2,2H3;9H,1,3-7H2,2H3;2*8H,1,3-6H2,2H3;6H,1,3-4H2,2H3;1H2,2-3H3. The number of cyclic esters (lactones) is 1. The number of esters is 7. The van der Waals surface area contributed by atoms with Gasteiger partial charge in [-0.1, -0.05) is 52.3 Å². The first kappa shape index (κ1) is 61.8. The largest absolute Gasteiger partial charge is 0.466 e. The molecule has 4 aliphatic carbocycles. The zero-order chi connectivity index (χ0) is 53.2. The van der Waals surface area contributed by atoms with Crippen LogP contribution in [0.4, 0.5) is 0 Å².